The summed E-state index contributed by atoms with van der Waals surface area (Å²) in [7, 11) is 0. The summed E-state index contributed by atoms with van der Waals surface area (Å²) >= 11 is 6.06. The normalized spacial score (nSPS) is 13.9. The number of Topliss-reactive ketones (excluding diaryl/α,β-unsaturated/α-hetero) is 1. The van der Waals surface area contributed by atoms with E-state index in [1.807, 2.05) is 43.5 Å². The third-order valence-electron chi connectivity index (χ3n) is 6.64. The van der Waals surface area contributed by atoms with Crippen LogP contribution in [0.15, 0.2) is 78.4 Å². The van der Waals surface area contributed by atoms with Crippen LogP contribution in [0.3, 0.4) is 0 Å². The zero-order chi connectivity index (χ0) is 28.6. The smallest absolute Gasteiger partial charge is 0.333 e. The zero-order valence-electron chi connectivity index (χ0n) is 23.5. The number of ketones is 1. The molecule has 0 saturated carbocycles. The quantitative estimate of drug-likeness (QED) is 0.316. The van der Waals surface area contributed by atoms with Crippen molar-refractivity contribution >= 4 is 29.3 Å². The van der Waals surface area contributed by atoms with Crippen LogP contribution in [0.1, 0.15) is 75.3 Å². The van der Waals surface area contributed by atoms with Gasteiger partial charge in [-0.2, -0.15) is 0 Å². The first-order valence-corrected chi connectivity index (χ1v) is 14.3. The molecule has 0 aromatic heterocycles. The van der Waals surface area contributed by atoms with Crippen LogP contribution in [0.2, 0.25) is 5.02 Å². The lowest BCUT2D eigenvalue weighted by Crippen LogP contribution is -2.88. The van der Waals surface area contributed by atoms with Crippen LogP contribution in [-0.2, 0) is 14.3 Å². The molecular formula is C32H42ClN2O4+. The Bertz CT molecular complexity index is 1110. The predicted octanol–water partition coefficient (Wildman–Crippen LogP) is 5.59. The maximum atomic E-state index is 13.5. The minimum absolute atomic E-state index is 0.0692. The molecule has 2 atom stereocenters. The first-order valence-electron chi connectivity index (χ1n) is 14.0. The molecule has 0 bridgehead atoms. The van der Waals surface area contributed by atoms with E-state index < -0.39 is 18.1 Å². The largest absolute Gasteiger partial charge is 0.454 e. The van der Waals surface area contributed by atoms with Crippen LogP contribution in [0.4, 0.5) is 0 Å². The standard InChI is InChI=1S/C30H35ClN2O4.C2H6/c1-3-21(4-2)27(20-32-19-26(34)22-11-7-5-8-12-22)37-30(36)28(23-15-17-25(31)18-16-23)33-29(35)24-13-9-6-10-14-24;1-2/h6-7,9-18,21,27-28,32H,3-5,8,19-20H2,1-2H3,(H,33,35);1-2H3/p+1/t27-,28?;/m0./s1. The molecule has 3 rings (SSSR count). The number of halogens is 1. The molecule has 1 unspecified atom stereocenters. The third-order valence-corrected chi connectivity index (χ3v) is 6.89. The second kappa shape index (κ2) is 17.4. The Labute approximate surface area is 237 Å². The lowest BCUT2D eigenvalue weighted by molar-refractivity contribution is -0.650. The molecule has 0 saturated heterocycles. The van der Waals surface area contributed by atoms with Crippen LogP contribution in [0.25, 0.3) is 0 Å². The Morgan fingerprint density at radius 2 is 1.64 bits per heavy atom. The summed E-state index contributed by atoms with van der Waals surface area (Å²) < 4.78 is 6.05. The molecule has 1 amide bonds. The second-order valence-electron chi connectivity index (χ2n) is 9.17. The van der Waals surface area contributed by atoms with E-state index in [2.05, 4.69) is 19.2 Å². The molecule has 2 aromatic rings. The summed E-state index contributed by atoms with van der Waals surface area (Å²) in [5, 5.41) is 5.26. The predicted molar refractivity (Wildman–Crippen MR) is 157 cm³/mol. The SMILES string of the molecule is CC.CCC(CC)[C@H](C[NH2+]CC(=O)C1=CCCC=C1)OC(=O)C(NC(=O)c1ccccc1)c1ccc(Cl)cc1. The Kier molecular flexibility index (Phi) is 14.3. The topological polar surface area (TPSA) is 89.1 Å². The molecule has 0 aliphatic heterocycles. The lowest BCUT2D eigenvalue weighted by Gasteiger charge is -2.27. The Morgan fingerprint density at radius 3 is 2.23 bits per heavy atom. The fraction of sp³-hybridized carbons (Fsp3) is 0.406. The second-order valence-corrected chi connectivity index (χ2v) is 9.60. The van der Waals surface area contributed by atoms with Crippen LogP contribution in [0.5, 0.6) is 0 Å². The van der Waals surface area contributed by atoms with Gasteiger partial charge in [-0.15, -0.1) is 0 Å². The van der Waals surface area contributed by atoms with Gasteiger partial charge in [0, 0.05) is 22.1 Å². The van der Waals surface area contributed by atoms with E-state index in [1.54, 1.807) is 48.5 Å². The molecule has 0 heterocycles. The van der Waals surface area contributed by atoms with E-state index in [4.69, 9.17) is 16.3 Å². The van der Waals surface area contributed by atoms with E-state index in [9.17, 15) is 14.4 Å². The van der Waals surface area contributed by atoms with E-state index in [0.29, 0.717) is 22.7 Å². The summed E-state index contributed by atoms with van der Waals surface area (Å²) in [5.74, 6) is -0.719. The molecule has 39 heavy (non-hydrogen) atoms. The maximum Gasteiger partial charge on any atom is 0.333 e. The van der Waals surface area contributed by atoms with Crippen molar-refractivity contribution in [1.29, 1.82) is 0 Å². The molecule has 7 heteroatoms. The number of esters is 1. The third kappa shape index (κ3) is 10.1. The average molecular weight is 554 g/mol. The molecule has 0 spiro atoms. The van der Waals surface area contributed by atoms with Gasteiger partial charge in [0.25, 0.3) is 5.91 Å². The highest BCUT2D eigenvalue weighted by atomic mass is 35.5. The minimum atomic E-state index is -0.999. The fourth-order valence-corrected chi connectivity index (χ4v) is 4.55. The van der Waals surface area contributed by atoms with Crippen molar-refractivity contribution in [3.63, 3.8) is 0 Å². The van der Waals surface area contributed by atoms with Crippen LogP contribution in [-0.4, -0.2) is 36.9 Å². The monoisotopic (exact) mass is 553 g/mol. The molecule has 210 valence electrons. The molecule has 3 N–H and O–H groups in total. The number of ether oxygens (including phenoxy) is 1. The van der Waals surface area contributed by atoms with Crippen molar-refractivity contribution in [2.45, 2.75) is 65.5 Å². The Morgan fingerprint density at radius 1 is 0.974 bits per heavy atom. The van der Waals surface area contributed by atoms with Gasteiger partial charge < -0.3 is 15.4 Å². The van der Waals surface area contributed by atoms with Gasteiger partial charge in [0.05, 0.1) is 0 Å². The number of amides is 1. The summed E-state index contributed by atoms with van der Waals surface area (Å²) in [6.45, 7) is 8.87. The number of allylic oxidation sites excluding steroid dienone is 3. The van der Waals surface area contributed by atoms with E-state index >= 15 is 0 Å². The Balaban J connectivity index is 0.00000260. The summed E-state index contributed by atoms with van der Waals surface area (Å²) in [4.78, 5) is 39.0. The zero-order valence-corrected chi connectivity index (χ0v) is 24.2. The summed E-state index contributed by atoms with van der Waals surface area (Å²) in [6, 6.07) is 14.5. The van der Waals surface area contributed by atoms with E-state index in [0.717, 1.165) is 31.3 Å². The highest BCUT2D eigenvalue weighted by Crippen LogP contribution is 2.22. The summed E-state index contributed by atoms with van der Waals surface area (Å²) in [6.07, 6.45) is 8.95. The number of nitrogens with one attached hydrogen (secondary N) is 1. The average Bonchev–Trinajstić information content (AvgIpc) is 2.98. The number of hydrogen-bond acceptors (Lipinski definition) is 4. The fourth-order valence-electron chi connectivity index (χ4n) is 4.42. The molecule has 1 aliphatic carbocycles. The number of hydrogen-bond donors (Lipinski definition) is 2. The van der Waals surface area contributed by atoms with Gasteiger partial charge in [0.2, 0.25) is 5.78 Å². The molecule has 1 aliphatic rings. The van der Waals surface area contributed by atoms with Gasteiger partial charge in [-0.25, -0.2) is 4.79 Å². The van der Waals surface area contributed by atoms with Crippen molar-refractivity contribution in [2.24, 2.45) is 5.92 Å². The molecule has 2 aromatic carbocycles. The Hall–Kier alpha value is -3.22. The highest BCUT2D eigenvalue weighted by Gasteiger charge is 2.31. The maximum absolute atomic E-state index is 13.5. The molecule has 6 nitrogen and oxygen atoms in total. The lowest BCUT2D eigenvalue weighted by atomic mass is 9.96. The van der Waals surface area contributed by atoms with Gasteiger partial charge in [-0.05, 0) is 55.5 Å². The van der Waals surface area contributed by atoms with Crippen molar-refractivity contribution in [2.75, 3.05) is 13.1 Å². The molecule has 0 radical (unpaired) electrons. The van der Waals surface area contributed by atoms with Crippen molar-refractivity contribution in [3.05, 3.63) is 94.5 Å². The van der Waals surface area contributed by atoms with Gasteiger partial charge in [0.1, 0.15) is 13.1 Å². The molecular weight excluding hydrogens is 512 g/mol. The number of benzene rings is 2. The van der Waals surface area contributed by atoms with Crippen LogP contribution < -0.4 is 10.6 Å². The van der Waals surface area contributed by atoms with Gasteiger partial charge in [0.15, 0.2) is 12.1 Å². The van der Waals surface area contributed by atoms with E-state index in [1.165, 1.54) is 0 Å². The molecule has 0 fully saturated rings. The number of quaternary nitrogens is 1. The van der Waals surface area contributed by atoms with E-state index in [-0.39, 0.29) is 24.2 Å². The minimum Gasteiger partial charge on any atom is -0.454 e. The van der Waals surface area contributed by atoms with Gasteiger partial charge in [-0.3, -0.25) is 9.59 Å². The number of rotatable bonds is 13. The van der Waals surface area contributed by atoms with Crippen LogP contribution in [0, 0.1) is 5.92 Å². The number of carbonyl (C=O) groups is 3. The number of nitrogens with two attached hydrogens (primary N) is 1. The number of carbonyl (C=O) groups excluding carboxylic acids is 3. The highest BCUT2D eigenvalue weighted by molar-refractivity contribution is 6.30. The summed E-state index contributed by atoms with van der Waals surface area (Å²) in [5.41, 5.74) is 1.77. The van der Waals surface area contributed by atoms with Crippen LogP contribution >= 0.6 is 11.6 Å². The van der Waals surface area contributed by atoms with Gasteiger partial charge in [-0.1, -0.05) is 87.9 Å². The van der Waals surface area contributed by atoms with Crippen molar-refractivity contribution in [3.8, 4) is 0 Å². The first-order chi connectivity index (χ1) is 18.9. The van der Waals surface area contributed by atoms with Crippen molar-refractivity contribution < 1.29 is 24.4 Å². The first kappa shape index (κ1) is 32.0. The van der Waals surface area contributed by atoms with Crippen molar-refractivity contribution in [1.82, 2.24) is 5.32 Å². The van der Waals surface area contributed by atoms with Gasteiger partial charge >= 0.3 is 5.97 Å².